The lowest BCUT2D eigenvalue weighted by molar-refractivity contribution is -0.144. The predicted octanol–water partition coefficient (Wildman–Crippen LogP) is 1.06. The fourth-order valence-electron chi connectivity index (χ4n) is 1.81. The molecule has 5 heteroatoms. The number of benzene rings is 1. The van der Waals surface area contributed by atoms with Crippen LogP contribution in [0.5, 0.6) is 0 Å². The van der Waals surface area contributed by atoms with Crippen molar-refractivity contribution >= 4 is 11.9 Å². The Morgan fingerprint density at radius 3 is 2.55 bits per heavy atom. The third-order valence-corrected chi connectivity index (χ3v) is 2.88. The summed E-state index contributed by atoms with van der Waals surface area (Å²) in [5, 5.41) is 5.68. The molecule has 1 unspecified atom stereocenters. The van der Waals surface area contributed by atoms with Crippen molar-refractivity contribution in [3.05, 3.63) is 35.9 Å². The fraction of sp³-hybridized carbons (Fsp3) is 0.467. The highest BCUT2D eigenvalue weighted by atomic mass is 16.5. The summed E-state index contributed by atoms with van der Waals surface area (Å²) < 4.78 is 5.07. The van der Waals surface area contributed by atoms with Crippen LogP contribution in [0.2, 0.25) is 0 Å². The summed E-state index contributed by atoms with van der Waals surface area (Å²) >= 11 is 0. The smallest absolute Gasteiger partial charge is 0.315 e. The predicted molar refractivity (Wildman–Crippen MR) is 77.4 cm³/mol. The van der Waals surface area contributed by atoms with E-state index in [2.05, 4.69) is 10.6 Å². The number of hydrogen-bond acceptors (Lipinski definition) is 4. The first-order chi connectivity index (χ1) is 9.69. The van der Waals surface area contributed by atoms with Crippen molar-refractivity contribution in [2.24, 2.45) is 0 Å². The van der Waals surface area contributed by atoms with Crippen LogP contribution in [0.15, 0.2) is 30.3 Å². The molecular weight excluding hydrogens is 256 g/mol. The molecule has 0 radical (unpaired) electrons. The number of carbonyl (C=O) groups excluding carboxylic acids is 2. The molecule has 1 aromatic rings. The standard InChI is InChI=1S/C15H22N2O3/c1-3-20-15(19)13(12-7-5-4-6-8-12)11-17-14(18)9-10-16-2/h4-8,13,16H,3,9-11H2,1-2H3,(H,17,18). The summed E-state index contributed by atoms with van der Waals surface area (Å²) in [7, 11) is 1.79. The van der Waals surface area contributed by atoms with E-state index < -0.39 is 5.92 Å². The summed E-state index contributed by atoms with van der Waals surface area (Å²) in [5.41, 5.74) is 0.847. The SMILES string of the molecule is CCOC(=O)C(CNC(=O)CCNC)c1ccccc1. The molecule has 0 aliphatic heterocycles. The van der Waals surface area contributed by atoms with Gasteiger partial charge in [-0.2, -0.15) is 0 Å². The molecule has 0 saturated heterocycles. The lowest BCUT2D eigenvalue weighted by Crippen LogP contribution is -2.33. The highest BCUT2D eigenvalue weighted by molar-refractivity contribution is 5.81. The van der Waals surface area contributed by atoms with Gasteiger partial charge in [0.2, 0.25) is 5.91 Å². The monoisotopic (exact) mass is 278 g/mol. The van der Waals surface area contributed by atoms with E-state index in [-0.39, 0.29) is 18.4 Å². The molecule has 0 aliphatic rings. The molecule has 0 spiro atoms. The summed E-state index contributed by atoms with van der Waals surface area (Å²) in [6, 6.07) is 9.34. The number of esters is 1. The molecule has 1 aromatic carbocycles. The van der Waals surface area contributed by atoms with Crippen molar-refractivity contribution in [2.45, 2.75) is 19.3 Å². The second-order valence-corrected chi connectivity index (χ2v) is 4.37. The van der Waals surface area contributed by atoms with Gasteiger partial charge in [0.15, 0.2) is 0 Å². The molecule has 0 aromatic heterocycles. The van der Waals surface area contributed by atoms with Gasteiger partial charge in [-0.05, 0) is 19.5 Å². The molecule has 1 rings (SSSR count). The molecule has 5 nitrogen and oxygen atoms in total. The quantitative estimate of drug-likeness (QED) is 0.698. The highest BCUT2D eigenvalue weighted by Gasteiger charge is 2.22. The molecule has 0 heterocycles. The third kappa shape index (κ3) is 5.40. The first-order valence-electron chi connectivity index (χ1n) is 6.82. The van der Waals surface area contributed by atoms with Crippen molar-refractivity contribution in [1.29, 1.82) is 0 Å². The molecule has 110 valence electrons. The lowest BCUT2D eigenvalue weighted by atomic mass is 9.99. The van der Waals surface area contributed by atoms with Gasteiger partial charge in [0.1, 0.15) is 0 Å². The zero-order valence-electron chi connectivity index (χ0n) is 12.0. The maximum Gasteiger partial charge on any atom is 0.315 e. The Kier molecular flexibility index (Phi) is 7.35. The van der Waals surface area contributed by atoms with Crippen molar-refractivity contribution < 1.29 is 14.3 Å². The minimum absolute atomic E-state index is 0.0791. The first kappa shape index (κ1) is 16.2. The van der Waals surface area contributed by atoms with Crippen LogP contribution in [0, 0.1) is 0 Å². The Balaban J connectivity index is 2.64. The highest BCUT2D eigenvalue weighted by Crippen LogP contribution is 2.16. The number of hydrogen-bond donors (Lipinski definition) is 2. The number of rotatable bonds is 8. The van der Waals surface area contributed by atoms with Crippen LogP contribution in [0.1, 0.15) is 24.8 Å². The lowest BCUT2D eigenvalue weighted by Gasteiger charge is -2.16. The first-order valence-corrected chi connectivity index (χ1v) is 6.82. The molecule has 0 fully saturated rings. The van der Waals surface area contributed by atoms with Crippen molar-refractivity contribution in [2.75, 3.05) is 26.7 Å². The van der Waals surface area contributed by atoms with Gasteiger partial charge in [0, 0.05) is 19.5 Å². The Bertz CT molecular complexity index is 420. The summed E-state index contributed by atoms with van der Waals surface area (Å²) in [6.45, 7) is 2.97. The van der Waals surface area contributed by atoms with Crippen molar-refractivity contribution in [1.82, 2.24) is 10.6 Å². The number of nitrogens with one attached hydrogen (secondary N) is 2. The molecule has 2 N–H and O–H groups in total. The number of carbonyl (C=O) groups is 2. The van der Waals surface area contributed by atoms with Gasteiger partial charge in [-0.25, -0.2) is 0 Å². The van der Waals surface area contributed by atoms with E-state index >= 15 is 0 Å². The Labute approximate surface area is 119 Å². The largest absolute Gasteiger partial charge is 0.465 e. The van der Waals surface area contributed by atoms with Gasteiger partial charge in [0.05, 0.1) is 12.5 Å². The van der Waals surface area contributed by atoms with Crippen LogP contribution in [-0.4, -0.2) is 38.6 Å². The molecule has 1 amide bonds. The van der Waals surface area contributed by atoms with Crippen molar-refractivity contribution in [3.8, 4) is 0 Å². The molecule has 1 atom stereocenters. The number of ether oxygens (including phenoxy) is 1. The topological polar surface area (TPSA) is 67.4 Å². The zero-order valence-corrected chi connectivity index (χ0v) is 12.0. The molecule has 20 heavy (non-hydrogen) atoms. The van der Waals surface area contributed by atoms with E-state index in [0.717, 1.165) is 5.56 Å². The second-order valence-electron chi connectivity index (χ2n) is 4.37. The summed E-state index contributed by atoms with van der Waals surface area (Å²) in [5.74, 6) is -0.855. The van der Waals surface area contributed by atoms with Gasteiger partial charge >= 0.3 is 5.97 Å². The van der Waals surface area contributed by atoms with Gasteiger partial charge in [0.25, 0.3) is 0 Å². The molecule has 0 saturated carbocycles. The van der Waals surface area contributed by atoms with E-state index in [1.807, 2.05) is 30.3 Å². The fourth-order valence-corrected chi connectivity index (χ4v) is 1.81. The van der Waals surface area contributed by atoms with E-state index in [9.17, 15) is 9.59 Å². The van der Waals surface area contributed by atoms with E-state index in [4.69, 9.17) is 4.74 Å². The molecular formula is C15H22N2O3. The average molecular weight is 278 g/mol. The minimum Gasteiger partial charge on any atom is -0.465 e. The van der Waals surface area contributed by atoms with Crippen LogP contribution in [0.3, 0.4) is 0 Å². The molecule has 0 aliphatic carbocycles. The normalized spacial score (nSPS) is 11.7. The van der Waals surface area contributed by atoms with Crippen LogP contribution >= 0.6 is 0 Å². The Morgan fingerprint density at radius 1 is 1.25 bits per heavy atom. The summed E-state index contributed by atoms with van der Waals surface area (Å²) in [6.07, 6.45) is 0.390. The van der Waals surface area contributed by atoms with E-state index in [1.165, 1.54) is 0 Å². The average Bonchev–Trinajstić information content (AvgIpc) is 2.46. The summed E-state index contributed by atoms with van der Waals surface area (Å²) in [4.78, 5) is 23.6. The van der Waals surface area contributed by atoms with Crippen LogP contribution in [0.4, 0.5) is 0 Å². The second kappa shape index (κ2) is 9.09. The van der Waals surface area contributed by atoms with Crippen LogP contribution in [0.25, 0.3) is 0 Å². The van der Waals surface area contributed by atoms with E-state index in [1.54, 1.807) is 14.0 Å². The van der Waals surface area contributed by atoms with Gasteiger partial charge in [-0.3, -0.25) is 9.59 Å². The van der Waals surface area contributed by atoms with Crippen LogP contribution < -0.4 is 10.6 Å². The maximum atomic E-state index is 12.0. The van der Waals surface area contributed by atoms with Gasteiger partial charge in [-0.1, -0.05) is 30.3 Å². The van der Waals surface area contributed by atoms with Gasteiger partial charge in [-0.15, -0.1) is 0 Å². The Morgan fingerprint density at radius 2 is 1.95 bits per heavy atom. The van der Waals surface area contributed by atoms with E-state index in [0.29, 0.717) is 19.6 Å². The van der Waals surface area contributed by atoms with Crippen LogP contribution in [-0.2, 0) is 14.3 Å². The molecule has 0 bridgehead atoms. The Hall–Kier alpha value is -1.88. The van der Waals surface area contributed by atoms with Gasteiger partial charge < -0.3 is 15.4 Å². The maximum absolute atomic E-state index is 12.0. The zero-order chi connectivity index (χ0) is 14.8. The third-order valence-electron chi connectivity index (χ3n) is 2.88. The van der Waals surface area contributed by atoms with Crippen molar-refractivity contribution in [3.63, 3.8) is 0 Å². The minimum atomic E-state index is -0.463. The number of amides is 1.